The van der Waals surface area contributed by atoms with Crippen molar-refractivity contribution in [2.24, 2.45) is 0 Å². The maximum atomic E-state index is 12.5. The van der Waals surface area contributed by atoms with Gasteiger partial charge in [-0.05, 0) is 25.3 Å². The Bertz CT molecular complexity index is 486. The molecule has 0 saturated carbocycles. The first kappa shape index (κ1) is 14.4. The van der Waals surface area contributed by atoms with Crippen molar-refractivity contribution in [2.45, 2.75) is 37.5 Å². The van der Waals surface area contributed by atoms with Crippen molar-refractivity contribution in [1.82, 2.24) is 9.88 Å². The van der Waals surface area contributed by atoms with Crippen molar-refractivity contribution in [1.29, 1.82) is 0 Å². The molecule has 1 N–H and O–H groups in total. The molecule has 3 rings (SSSR count). The van der Waals surface area contributed by atoms with Gasteiger partial charge in [-0.1, -0.05) is 6.08 Å². The van der Waals surface area contributed by atoms with Gasteiger partial charge in [0.25, 0.3) is 5.91 Å². The second kappa shape index (κ2) is 6.45. The molecule has 1 aromatic heterocycles. The Hall–Kier alpha value is -1.59. The summed E-state index contributed by atoms with van der Waals surface area (Å²) in [5.74, 6) is 0.105. The van der Waals surface area contributed by atoms with E-state index in [1.807, 2.05) is 11.0 Å². The van der Waals surface area contributed by atoms with Crippen LogP contribution in [0.15, 0.2) is 31.1 Å². The van der Waals surface area contributed by atoms with Crippen molar-refractivity contribution < 1.29 is 14.3 Å². The lowest BCUT2D eigenvalue weighted by atomic mass is 9.99. The third kappa shape index (κ3) is 3.04. The van der Waals surface area contributed by atoms with Gasteiger partial charge in [-0.2, -0.15) is 0 Å². The molecule has 0 bridgehead atoms. The first-order valence-corrected chi connectivity index (χ1v) is 7.57. The number of nitrogens with zero attached hydrogens (tertiary/aromatic N) is 1. The number of carbonyl (C=O) groups excluding carboxylic acids is 1. The summed E-state index contributed by atoms with van der Waals surface area (Å²) >= 11 is 0. The molecule has 2 aliphatic heterocycles. The minimum Gasteiger partial charge on any atom is -0.375 e. The summed E-state index contributed by atoms with van der Waals surface area (Å²) in [5, 5.41) is 0. The topological polar surface area (TPSA) is 54.6 Å². The third-order valence-electron chi connectivity index (χ3n) is 4.28. The largest absolute Gasteiger partial charge is 0.375 e. The highest BCUT2D eigenvalue weighted by molar-refractivity contribution is 5.94. The molecule has 114 valence electrons. The molecule has 2 aliphatic rings. The van der Waals surface area contributed by atoms with Gasteiger partial charge in [0.2, 0.25) is 0 Å². The molecule has 3 atom stereocenters. The van der Waals surface area contributed by atoms with Crippen molar-refractivity contribution in [3.8, 4) is 0 Å². The van der Waals surface area contributed by atoms with Crippen LogP contribution in [-0.4, -0.2) is 53.8 Å². The van der Waals surface area contributed by atoms with E-state index >= 15 is 0 Å². The Morgan fingerprint density at radius 2 is 2.43 bits per heavy atom. The lowest BCUT2D eigenvalue weighted by Gasteiger charge is -2.35. The summed E-state index contributed by atoms with van der Waals surface area (Å²) < 4.78 is 11.6. The summed E-state index contributed by atoms with van der Waals surface area (Å²) in [5.41, 5.74) is 0.729. The summed E-state index contributed by atoms with van der Waals surface area (Å²) in [6.07, 6.45) is 8.43. The zero-order valence-corrected chi connectivity index (χ0v) is 12.2. The fraction of sp³-hybridized carbons (Fsp3) is 0.562. The van der Waals surface area contributed by atoms with Crippen molar-refractivity contribution >= 4 is 5.91 Å². The molecule has 3 heterocycles. The second-order valence-electron chi connectivity index (χ2n) is 5.65. The molecule has 2 saturated heterocycles. The van der Waals surface area contributed by atoms with E-state index < -0.39 is 0 Å². The maximum absolute atomic E-state index is 12.5. The number of hydrogen-bond donors (Lipinski definition) is 1. The first-order chi connectivity index (χ1) is 10.3. The predicted octanol–water partition coefficient (Wildman–Crippen LogP) is 1.98. The lowest BCUT2D eigenvalue weighted by Crippen LogP contribution is -2.45. The highest BCUT2D eigenvalue weighted by Crippen LogP contribution is 2.32. The molecule has 5 heteroatoms. The number of H-pyrrole nitrogens is 1. The van der Waals surface area contributed by atoms with Gasteiger partial charge < -0.3 is 19.4 Å². The average molecular weight is 290 g/mol. The number of likely N-dealkylation sites (tertiary alicyclic amines) is 1. The van der Waals surface area contributed by atoms with Gasteiger partial charge in [-0.25, -0.2) is 0 Å². The predicted molar refractivity (Wildman–Crippen MR) is 79.1 cm³/mol. The van der Waals surface area contributed by atoms with E-state index in [0.29, 0.717) is 13.2 Å². The number of ether oxygens (including phenoxy) is 2. The number of rotatable bonds is 5. The average Bonchev–Trinajstić information content (AvgIpc) is 3.16. The van der Waals surface area contributed by atoms with Crippen LogP contribution in [0.1, 0.15) is 29.6 Å². The molecule has 21 heavy (non-hydrogen) atoms. The molecule has 1 amide bonds. The number of aromatic amines is 1. The van der Waals surface area contributed by atoms with Gasteiger partial charge in [0.05, 0.1) is 37.0 Å². The zero-order valence-electron chi connectivity index (χ0n) is 12.2. The maximum Gasteiger partial charge on any atom is 0.255 e. The Kier molecular flexibility index (Phi) is 4.41. The highest BCUT2D eigenvalue weighted by atomic mass is 16.5. The SMILES string of the molecule is C=CCOC[C@H]1CC[C@@H]2[C@@H](CCN2C(=O)c2cc[nH]c2)O1. The molecule has 0 aliphatic carbocycles. The van der Waals surface area contributed by atoms with E-state index in [2.05, 4.69) is 11.6 Å². The van der Waals surface area contributed by atoms with Crippen molar-refractivity contribution in [3.05, 3.63) is 36.7 Å². The molecular formula is C16H22N2O3. The second-order valence-corrected chi connectivity index (χ2v) is 5.65. The van der Waals surface area contributed by atoms with Gasteiger partial charge in [-0.15, -0.1) is 6.58 Å². The lowest BCUT2D eigenvalue weighted by molar-refractivity contribution is -0.0937. The third-order valence-corrected chi connectivity index (χ3v) is 4.28. The van der Waals surface area contributed by atoms with Crippen molar-refractivity contribution in [2.75, 3.05) is 19.8 Å². The molecule has 1 aromatic rings. The van der Waals surface area contributed by atoms with E-state index in [1.54, 1.807) is 18.5 Å². The minimum absolute atomic E-state index is 0.105. The van der Waals surface area contributed by atoms with Crippen LogP contribution in [0.25, 0.3) is 0 Å². The fourth-order valence-electron chi connectivity index (χ4n) is 3.28. The van der Waals surface area contributed by atoms with Crippen LogP contribution in [-0.2, 0) is 9.47 Å². The van der Waals surface area contributed by atoms with Crippen LogP contribution >= 0.6 is 0 Å². The summed E-state index contributed by atoms with van der Waals surface area (Å²) in [6.45, 7) is 5.59. The number of amides is 1. The molecule has 0 spiro atoms. The molecule has 0 aromatic carbocycles. The number of aromatic nitrogens is 1. The molecule has 2 fully saturated rings. The van der Waals surface area contributed by atoms with Crippen LogP contribution in [0.3, 0.4) is 0 Å². The monoisotopic (exact) mass is 290 g/mol. The molecular weight excluding hydrogens is 268 g/mol. The number of nitrogens with one attached hydrogen (secondary N) is 1. The van der Waals surface area contributed by atoms with E-state index in [1.165, 1.54) is 0 Å². The number of carbonyl (C=O) groups is 1. The Morgan fingerprint density at radius 3 is 3.19 bits per heavy atom. The van der Waals surface area contributed by atoms with Crippen LogP contribution in [0.4, 0.5) is 0 Å². The number of fused-ring (bicyclic) bond motifs is 1. The Balaban J connectivity index is 1.57. The van der Waals surface area contributed by atoms with Gasteiger partial charge in [0.1, 0.15) is 0 Å². The summed E-state index contributed by atoms with van der Waals surface area (Å²) in [4.78, 5) is 17.4. The standard InChI is InChI=1S/C16H22N2O3/c1-2-9-20-11-13-3-4-14-15(21-13)6-8-18(14)16(19)12-5-7-17-10-12/h2,5,7,10,13-15,17H,1,3-4,6,8-9,11H2/t13-,14-,15-/m1/s1. The highest BCUT2D eigenvalue weighted by Gasteiger charge is 2.42. The van der Waals surface area contributed by atoms with Gasteiger partial charge >= 0.3 is 0 Å². The smallest absolute Gasteiger partial charge is 0.255 e. The molecule has 0 radical (unpaired) electrons. The van der Waals surface area contributed by atoms with Gasteiger partial charge in [0.15, 0.2) is 0 Å². The van der Waals surface area contributed by atoms with E-state index in [0.717, 1.165) is 31.4 Å². The van der Waals surface area contributed by atoms with E-state index in [-0.39, 0.29) is 24.2 Å². The van der Waals surface area contributed by atoms with Crippen LogP contribution in [0.5, 0.6) is 0 Å². The Morgan fingerprint density at radius 1 is 1.52 bits per heavy atom. The van der Waals surface area contributed by atoms with E-state index in [9.17, 15) is 4.79 Å². The van der Waals surface area contributed by atoms with Crippen LogP contribution in [0, 0.1) is 0 Å². The number of hydrogen-bond acceptors (Lipinski definition) is 3. The quantitative estimate of drug-likeness (QED) is 0.666. The summed E-state index contributed by atoms with van der Waals surface area (Å²) in [7, 11) is 0. The normalized spacial score (nSPS) is 28.4. The summed E-state index contributed by atoms with van der Waals surface area (Å²) in [6, 6.07) is 2.04. The molecule has 5 nitrogen and oxygen atoms in total. The van der Waals surface area contributed by atoms with Crippen LogP contribution < -0.4 is 0 Å². The van der Waals surface area contributed by atoms with Crippen molar-refractivity contribution in [3.63, 3.8) is 0 Å². The fourth-order valence-corrected chi connectivity index (χ4v) is 3.28. The van der Waals surface area contributed by atoms with Gasteiger partial charge in [-0.3, -0.25) is 4.79 Å². The van der Waals surface area contributed by atoms with Gasteiger partial charge in [0, 0.05) is 18.9 Å². The van der Waals surface area contributed by atoms with Crippen LogP contribution in [0.2, 0.25) is 0 Å². The van der Waals surface area contributed by atoms with E-state index in [4.69, 9.17) is 9.47 Å². The first-order valence-electron chi connectivity index (χ1n) is 7.57. The molecule has 0 unspecified atom stereocenters. The zero-order chi connectivity index (χ0) is 14.7. The Labute approximate surface area is 124 Å². The minimum atomic E-state index is 0.105.